The summed E-state index contributed by atoms with van der Waals surface area (Å²) in [6, 6.07) is 21.1. The third kappa shape index (κ3) is 3.56. The summed E-state index contributed by atoms with van der Waals surface area (Å²) in [6.45, 7) is 0. The molecule has 7 nitrogen and oxygen atoms in total. The number of rotatable bonds is 5. The molecule has 146 valence electrons. The molecule has 0 fully saturated rings. The minimum atomic E-state index is -0.189. The summed E-state index contributed by atoms with van der Waals surface area (Å²) in [5.41, 5.74) is 3.93. The molecule has 5 rings (SSSR count). The molecule has 30 heavy (non-hydrogen) atoms. The van der Waals surface area contributed by atoms with Gasteiger partial charge < -0.3 is 9.73 Å². The first-order valence-corrected chi connectivity index (χ1v) is 9.44. The van der Waals surface area contributed by atoms with Crippen LogP contribution in [0.25, 0.3) is 28.3 Å². The molecule has 7 heteroatoms. The van der Waals surface area contributed by atoms with Gasteiger partial charge in [0.1, 0.15) is 18.4 Å². The molecular formula is C23H17N5O2. The second-order valence-corrected chi connectivity index (χ2v) is 6.74. The predicted octanol–water partition coefficient (Wildman–Crippen LogP) is 4.26. The highest BCUT2D eigenvalue weighted by Gasteiger charge is 2.11. The normalized spacial score (nSPS) is 10.9. The molecule has 1 N–H and O–H groups in total. The van der Waals surface area contributed by atoms with Crippen LogP contribution in [0.1, 0.15) is 5.69 Å². The summed E-state index contributed by atoms with van der Waals surface area (Å²) in [5.74, 6) is 1.04. The Bertz CT molecular complexity index is 1310. The van der Waals surface area contributed by atoms with Crippen LogP contribution in [0.5, 0.6) is 0 Å². The van der Waals surface area contributed by atoms with Gasteiger partial charge in [0, 0.05) is 5.56 Å². The lowest BCUT2D eigenvalue weighted by molar-refractivity contribution is -0.115. The summed E-state index contributed by atoms with van der Waals surface area (Å²) < 4.78 is 7.39. The van der Waals surface area contributed by atoms with E-state index in [0.717, 1.165) is 22.4 Å². The number of aromatic nitrogens is 4. The zero-order valence-corrected chi connectivity index (χ0v) is 15.9. The van der Waals surface area contributed by atoms with E-state index >= 15 is 0 Å². The van der Waals surface area contributed by atoms with E-state index in [2.05, 4.69) is 20.3 Å². The molecule has 3 aromatic heterocycles. The number of nitrogens with zero attached hydrogens (tertiary/aromatic N) is 4. The van der Waals surface area contributed by atoms with Gasteiger partial charge in [0.05, 0.1) is 35.0 Å². The van der Waals surface area contributed by atoms with Crippen LogP contribution in [0.3, 0.4) is 0 Å². The van der Waals surface area contributed by atoms with Crippen LogP contribution < -0.4 is 5.32 Å². The second kappa shape index (κ2) is 7.63. The van der Waals surface area contributed by atoms with Gasteiger partial charge in [-0.05, 0) is 36.4 Å². The van der Waals surface area contributed by atoms with E-state index in [1.54, 1.807) is 12.5 Å². The molecule has 0 saturated heterocycles. The summed E-state index contributed by atoms with van der Waals surface area (Å²) >= 11 is 0. The smallest absolute Gasteiger partial charge is 0.230 e. The molecule has 0 aliphatic rings. The lowest BCUT2D eigenvalue weighted by Gasteiger charge is -2.06. The van der Waals surface area contributed by atoms with Crippen molar-refractivity contribution >= 4 is 22.6 Å². The summed E-state index contributed by atoms with van der Waals surface area (Å²) in [4.78, 5) is 25.6. The van der Waals surface area contributed by atoms with Gasteiger partial charge in [-0.15, -0.1) is 0 Å². The number of carbonyl (C=O) groups excluding carboxylic acids is 1. The Morgan fingerprint density at radius 1 is 0.967 bits per heavy atom. The molecule has 0 bridgehead atoms. The topological polar surface area (TPSA) is 85.8 Å². The number of nitrogens with one attached hydrogen (secondary N) is 1. The zero-order chi connectivity index (χ0) is 20.3. The van der Waals surface area contributed by atoms with Gasteiger partial charge in [0.25, 0.3) is 0 Å². The van der Waals surface area contributed by atoms with Crippen molar-refractivity contribution in [2.24, 2.45) is 0 Å². The Labute approximate surface area is 172 Å². The van der Waals surface area contributed by atoms with Gasteiger partial charge in [-0.3, -0.25) is 9.36 Å². The van der Waals surface area contributed by atoms with Crippen molar-refractivity contribution in [2.75, 3.05) is 5.32 Å². The van der Waals surface area contributed by atoms with Gasteiger partial charge in [-0.25, -0.2) is 15.0 Å². The largest absolute Gasteiger partial charge is 0.444 e. The van der Waals surface area contributed by atoms with Crippen molar-refractivity contribution < 1.29 is 9.21 Å². The van der Waals surface area contributed by atoms with Gasteiger partial charge in [0.2, 0.25) is 11.8 Å². The van der Waals surface area contributed by atoms with E-state index in [0.29, 0.717) is 17.3 Å². The van der Waals surface area contributed by atoms with E-state index in [9.17, 15) is 4.79 Å². The Balaban J connectivity index is 1.26. The number of carbonyl (C=O) groups is 1. The fourth-order valence-electron chi connectivity index (χ4n) is 3.22. The van der Waals surface area contributed by atoms with Gasteiger partial charge in [0.15, 0.2) is 0 Å². The maximum absolute atomic E-state index is 12.4. The van der Waals surface area contributed by atoms with Crippen LogP contribution in [0.2, 0.25) is 0 Å². The van der Waals surface area contributed by atoms with Crippen LogP contribution in [0, 0.1) is 0 Å². The number of hydrogen-bond donors (Lipinski definition) is 1. The third-order valence-electron chi connectivity index (χ3n) is 4.65. The number of para-hydroxylation sites is 2. The SMILES string of the molecule is O=C(Cc1coc(-c2ccccc2)n1)Nc1ccc(-n2cnc3ccccc32)nc1. The third-order valence-corrected chi connectivity index (χ3v) is 4.65. The Morgan fingerprint density at radius 3 is 2.63 bits per heavy atom. The van der Waals surface area contributed by atoms with Crippen LogP contribution in [0.4, 0.5) is 5.69 Å². The Hall–Kier alpha value is -4.26. The molecule has 0 radical (unpaired) electrons. The highest BCUT2D eigenvalue weighted by molar-refractivity contribution is 5.92. The predicted molar refractivity (Wildman–Crippen MR) is 113 cm³/mol. The standard InChI is InChI=1S/C23H17N5O2/c29-22(12-18-14-30-23(27-18)16-6-2-1-3-7-16)26-17-10-11-21(24-13-17)28-15-25-19-8-4-5-9-20(19)28/h1-11,13-15H,12H2,(H,26,29). The number of benzene rings is 2. The summed E-state index contributed by atoms with van der Waals surface area (Å²) in [5, 5.41) is 2.84. The molecule has 0 saturated carbocycles. The van der Waals surface area contributed by atoms with E-state index < -0.39 is 0 Å². The maximum Gasteiger partial charge on any atom is 0.230 e. The van der Waals surface area contributed by atoms with E-state index in [4.69, 9.17) is 4.42 Å². The maximum atomic E-state index is 12.4. The van der Waals surface area contributed by atoms with Gasteiger partial charge >= 0.3 is 0 Å². The fraction of sp³-hybridized carbons (Fsp3) is 0.0435. The minimum Gasteiger partial charge on any atom is -0.444 e. The summed E-state index contributed by atoms with van der Waals surface area (Å²) in [6.07, 6.45) is 4.98. The second-order valence-electron chi connectivity index (χ2n) is 6.74. The number of pyridine rings is 1. The average Bonchev–Trinajstić information content (AvgIpc) is 3.42. The molecule has 0 atom stereocenters. The average molecular weight is 395 g/mol. The number of fused-ring (bicyclic) bond motifs is 1. The monoisotopic (exact) mass is 395 g/mol. The molecule has 0 aliphatic carbocycles. The van der Waals surface area contributed by atoms with Crippen LogP contribution >= 0.6 is 0 Å². The van der Waals surface area contributed by atoms with Crippen molar-refractivity contribution in [3.63, 3.8) is 0 Å². The quantitative estimate of drug-likeness (QED) is 0.481. The first-order chi connectivity index (χ1) is 14.8. The Kier molecular flexibility index (Phi) is 4.53. The number of oxazole rings is 1. The number of amides is 1. The first kappa shape index (κ1) is 17.8. The van der Waals surface area contributed by atoms with E-state index in [1.807, 2.05) is 71.3 Å². The molecule has 2 aromatic carbocycles. The Morgan fingerprint density at radius 2 is 1.80 bits per heavy atom. The summed E-state index contributed by atoms with van der Waals surface area (Å²) in [7, 11) is 0. The molecule has 0 aliphatic heterocycles. The van der Waals surface area contributed by atoms with Crippen LogP contribution in [-0.4, -0.2) is 25.4 Å². The van der Waals surface area contributed by atoms with Crippen LogP contribution in [0.15, 0.2) is 89.9 Å². The molecule has 3 heterocycles. The fourth-order valence-corrected chi connectivity index (χ4v) is 3.22. The van der Waals surface area contributed by atoms with E-state index in [1.165, 1.54) is 6.26 Å². The zero-order valence-electron chi connectivity index (χ0n) is 15.9. The van der Waals surface area contributed by atoms with Crippen molar-refractivity contribution in [1.29, 1.82) is 0 Å². The number of hydrogen-bond acceptors (Lipinski definition) is 5. The van der Waals surface area contributed by atoms with Gasteiger partial charge in [-0.1, -0.05) is 30.3 Å². The molecule has 1 amide bonds. The lowest BCUT2D eigenvalue weighted by atomic mass is 10.2. The van der Waals surface area contributed by atoms with Gasteiger partial charge in [-0.2, -0.15) is 0 Å². The minimum absolute atomic E-state index is 0.115. The number of anilines is 1. The highest BCUT2D eigenvalue weighted by atomic mass is 16.3. The van der Waals surface area contributed by atoms with Crippen molar-refractivity contribution in [1.82, 2.24) is 19.5 Å². The molecule has 5 aromatic rings. The van der Waals surface area contributed by atoms with Crippen molar-refractivity contribution in [3.8, 4) is 17.3 Å². The molecule has 0 unspecified atom stereocenters. The number of imidazole rings is 1. The molecule has 0 spiro atoms. The first-order valence-electron chi connectivity index (χ1n) is 9.44. The van der Waals surface area contributed by atoms with E-state index in [-0.39, 0.29) is 12.3 Å². The van der Waals surface area contributed by atoms with Crippen molar-refractivity contribution in [2.45, 2.75) is 6.42 Å². The van der Waals surface area contributed by atoms with Crippen molar-refractivity contribution in [3.05, 3.63) is 91.2 Å². The molecular weight excluding hydrogens is 378 g/mol. The highest BCUT2D eigenvalue weighted by Crippen LogP contribution is 2.19. The van der Waals surface area contributed by atoms with Crippen LogP contribution in [-0.2, 0) is 11.2 Å². The lowest BCUT2D eigenvalue weighted by Crippen LogP contribution is -2.14.